The van der Waals surface area contributed by atoms with E-state index in [0.717, 1.165) is 12.0 Å². The number of rotatable bonds is 2. The predicted molar refractivity (Wildman–Crippen MR) is 55.2 cm³/mol. The van der Waals surface area contributed by atoms with E-state index in [-0.39, 0.29) is 0 Å². The van der Waals surface area contributed by atoms with Gasteiger partial charge in [-0.15, -0.1) is 0 Å². The number of thiophene rings is 1. The minimum Gasteiger partial charge on any atom is -0.508 e. The van der Waals surface area contributed by atoms with Gasteiger partial charge in [-0.2, -0.15) is 11.3 Å². The van der Waals surface area contributed by atoms with Crippen LogP contribution in [0.25, 0.3) is 0 Å². The molecule has 0 amide bonds. The Bertz CT molecular complexity index is 379. The first-order valence-corrected chi connectivity index (χ1v) is 5.08. The van der Waals surface area contributed by atoms with Crippen molar-refractivity contribution in [3.05, 3.63) is 52.2 Å². The summed E-state index contributed by atoms with van der Waals surface area (Å²) in [5.41, 5.74) is 2.45. The summed E-state index contributed by atoms with van der Waals surface area (Å²) in [6, 6.07) is 9.50. The fourth-order valence-electron chi connectivity index (χ4n) is 1.30. The standard InChI is InChI=1S/C11H10OS/c12-11-3-1-2-9(7-11)6-10-4-5-13-8-10/h1-5,7-8,12H,6H2. The Morgan fingerprint density at radius 2 is 2.08 bits per heavy atom. The van der Waals surface area contributed by atoms with Crippen LogP contribution in [-0.4, -0.2) is 5.11 Å². The molecule has 0 aliphatic heterocycles. The molecule has 0 atom stereocenters. The zero-order valence-electron chi connectivity index (χ0n) is 7.10. The van der Waals surface area contributed by atoms with Crippen molar-refractivity contribution in [3.8, 4) is 5.75 Å². The molecule has 0 bridgehead atoms. The number of hydrogen-bond donors (Lipinski definition) is 1. The molecular formula is C11H10OS. The molecule has 0 spiro atoms. The van der Waals surface area contributed by atoms with Gasteiger partial charge in [-0.1, -0.05) is 12.1 Å². The third-order valence-corrected chi connectivity index (χ3v) is 2.63. The summed E-state index contributed by atoms with van der Waals surface area (Å²) >= 11 is 1.70. The van der Waals surface area contributed by atoms with Gasteiger partial charge in [0.1, 0.15) is 5.75 Å². The molecule has 2 heteroatoms. The second-order valence-electron chi connectivity index (χ2n) is 2.98. The minimum atomic E-state index is 0.340. The van der Waals surface area contributed by atoms with Crippen molar-refractivity contribution in [1.29, 1.82) is 0 Å². The zero-order chi connectivity index (χ0) is 9.10. The topological polar surface area (TPSA) is 20.2 Å². The van der Waals surface area contributed by atoms with Gasteiger partial charge in [0, 0.05) is 0 Å². The quantitative estimate of drug-likeness (QED) is 0.771. The van der Waals surface area contributed by atoms with Crippen LogP contribution in [0.2, 0.25) is 0 Å². The Morgan fingerprint density at radius 3 is 2.77 bits per heavy atom. The first kappa shape index (κ1) is 8.32. The van der Waals surface area contributed by atoms with Crippen LogP contribution in [0, 0.1) is 0 Å². The van der Waals surface area contributed by atoms with Crippen molar-refractivity contribution in [2.24, 2.45) is 0 Å². The Balaban J connectivity index is 2.19. The monoisotopic (exact) mass is 190 g/mol. The van der Waals surface area contributed by atoms with Crippen LogP contribution in [0.4, 0.5) is 0 Å². The Hall–Kier alpha value is -1.28. The molecule has 0 aliphatic carbocycles. The fraction of sp³-hybridized carbons (Fsp3) is 0.0909. The molecule has 1 nitrogen and oxygen atoms in total. The highest BCUT2D eigenvalue weighted by atomic mass is 32.1. The molecular weight excluding hydrogens is 180 g/mol. The molecule has 13 heavy (non-hydrogen) atoms. The SMILES string of the molecule is Oc1cccc(Cc2ccsc2)c1. The van der Waals surface area contributed by atoms with Crippen LogP contribution in [0.3, 0.4) is 0 Å². The Labute approximate surface area is 81.3 Å². The van der Waals surface area contributed by atoms with Gasteiger partial charge >= 0.3 is 0 Å². The fourth-order valence-corrected chi connectivity index (χ4v) is 1.96. The molecule has 0 saturated carbocycles. The lowest BCUT2D eigenvalue weighted by Crippen LogP contribution is -1.83. The molecule has 0 unspecified atom stereocenters. The minimum absolute atomic E-state index is 0.340. The van der Waals surface area contributed by atoms with E-state index < -0.39 is 0 Å². The molecule has 66 valence electrons. The Kier molecular flexibility index (Phi) is 2.32. The molecule has 1 heterocycles. The second-order valence-corrected chi connectivity index (χ2v) is 3.76. The number of hydrogen-bond acceptors (Lipinski definition) is 2. The van der Waals surface area contributed by atoms with Crippen molar-refractivity contribution in [2.75, 3.05) is 0 Å². The molecule has 0 fully saturated rings. The Morgan fingerprint density at radius 1 is 1.15 bits per heavy atom. The van der Waals surface area contributed by atoms with Gasteiger partial charge in [0.25, 0.3) is 0 Å². The maximum absolute atomic E-state index is 9.24. The average Bonchev–Trinajstić information content (AvgIpc) is 2.57. The van der Waals surface area contributed by atoms with Crippen LogP contribution in [0.5, 0.6) is 5.75 Å². The van der Waals surface area contributed by atoms with Crippen molar-refractivity contribution < 1.29 is 5.11 Å². The van der Waals surface area contributed by atoms with Gasteiger partial charge in [-0.25, -0.2) is 0 Å². The van der Waals surface area contributed by atoms with Gasteiger partial charge in [-0.05, 0) is 46.5 Å². The first-order chi connectivity index (χ1) is 6.34. The second kappa shape index (κ2) is 3.62. The molecule has 0 aliphatic rings. The van der Waals surface area contributed by atoms with Crippen molar-refractivity contribution in [1.82, 2.24) is 0 Å². The average molecular weight is 190 g/mol. The summed E-state index contributed by atoms with van der Waals surface area (Å²) in [7, 11) is 0. The van der Waals surface area contributed by atoms with Crippen LogP contribution in [-0.2, 0) is 6.42 Å². The summed E-state index contributed by atoms with van der Waals surface area (Å²) in [5.74, 6) is 0.340. The number of benzene rings is 1. The molecule has 1 N–H and O–H groups in total. The molecule has 1 aromatic carbocycles. The van der Waals surface area contributed by atoms with Gasteiger partial charge < -0.3 is 5.11 Å². The van der Waals surface area contributed by atoms with E-state index in [1.807, 2.05) is 12.1 Å². The third-order valence-electron chi connectivity index (χ3n) is 1.90. The van der Waals surface area contributed by atoms with Crippen LogP contribution >= 0.6 is 11.3 Å². The van der Waals surface area contributed by atoms with Gasteiger partial charge in [0.05, 0.1) is 0 Å². The van der Waals surface area contributed by atoms with Gasteiger partial charge in [0.2, 0.25) is 0 Å². The lowest BCUT2D eigenvalue weighted by atomic mass is 10.1. The molecule has 2 aromatic rings. The highest BCUT2D eigenvalue weighted by Crippen LogP contribution is 2.16. The van der Waals surface area contributed by atoms with E-state index in [1.165, 1.54) is 5.56 Å². The highest BCUT2D eigenvalue weighted by molar-refractivity contribution is 7.07. The predicted octanol–water partition coefficient (Wildman–Crippen LogP) is 3.04. The number of phenolic OH excluding ortho intramolecular Hbond substituents is 1. The van der Waals surface area contributed by atoms with E-state index in [4.69, 9.17) is 0 Å². The van der Waals surface area contributed by atoms with Crippen LogP contribution in [0.1, 0.15) is 11.1 Å². The van der Waals surface area contributed by atoms with E-state index in [2.05, 4.69) is 16.8 Å². The number of phenols is 1. The normalized spacial score (nSPS) is 10.2. The van der Waals surface area contributed by atoms with Crippen LogP contribution in [0.15, 0.2) is 41.1 Å². The van der Waals surface area contributed by atoms with Crippen molar-refractivity contribution in [2.45, 2.75) is 6.42 Å². The van der Waals surface area contributed by atoms with Crippen molar-refractivity contribution >= 4 is 11.3 Å². The van der Waals surface area contributed by atoms with Gasteiger partial charge in [0.15, 0.2) is 0 Å². The molecule has 2 rings (SSSR count). The maximum Gasteiger partial charge on any atom is 0.115 e. The number of aromatic hydroxyl groups is 1. The lowest BCUT2D eigenvalue weighted by Gasteiger charge is -1.99. The summed E-state index contributed by atoms with van der Waals surface area (Å²) in [6.45, 7) is 0. The van der Waals surface area contributed by atoms with E-state index in [1.54, 1.807) is 23.5 Å². The maximum atomic E-state index is 9.24. The third kappa shape index (κ3) is 2.10. The summed E-state index contributed by atoms with van der Waals surface area (Å²) in [6.07, 6.45) is 0.901. The molecule has 0 saturated heterocycles. The lowest BCUT2D eigenvalue weighted by molar-refractivity contribution is 0.474. The zero-order valence-corrected chi connectivity index (χ0v) is 7.92. The summed E-state index contributed by atoms with van der Waals surface area (Å²) in [5, 5.41) is 13.4. The van der Waals surface area contributed by atoms with E-state index in [0.29, 0.717) is 5.75 Å². The van der Waals surface area contributed by atoms with Crippen LogP contribution < -0.4 is 0 Å². The van der Waals surface area contributed by atoms with E-state index >= 15 is 0 Å². The molecule has 0 radical (unpaired) electrons. The first-order valence-electron chi connectivity index (χ1n) is 4.13. The largest absolute Gasteiger partial charge is 0.508 e. The van der Waals surface area contributed by atoms with Crippen molar-refractivity contribution in [3.63, 3.8) is 0 Å². The summed E-state index contributed by atoms with van der Waals surface area (Å²) < 4.78 is 0. The van der Waals surface area contributed by atoms with E-state index in [9.17, 15) is 5.11 Å². The smallest absolute Gasteiger partial charge is 0.115 e. The highest BCUT2D eigenvalue weighted by Gasteiger charge is 1.96. The summed E-state index contributed by atoms with van der Waals surface area (Å²) in [4.78, 5) is 0. The molecule has 1 aromatic heterocycles. The van der Waals surface area contributed by atoms with Gasteiger partial charge in [-0.3, -0.25) is 0 Å².